The van der Waals surface area contributed by atoms with Crippen molar-refractivity contribution in [2.24, 2.45) is 0 Å². The quantitative estimate of drug-likeness (QED) is 0.446. The lowest BCUT2D eigenvalue weighted by molar-refractivity contribution is -0.140. The maximum Gasteiger partial charge on any atom is 0.326 e. The number of hydrogen-bond donors (Lipinski definition) is 2. The molecule has 1 unspecified atom stereocenters. The van der Waals surface area contributed by atoms with Crippen molar-refractivity contribution in [3.63, 3.8) is 0 Å². The lowest BCUT2D eigenvalue weighted by Crippen LogP contribution is -2.36. The molecule has 0 aromatic rings. The van der Waals surface area contributed by atoms with E-state index in [9.17, 15) is 14.4 Å². The first-order chi connectivity index (χ1) is 9.10. The molecular weight excluding hydrogens is 268 g/mol. The summed E-state index contributed by atoms with van der Waals surface area (Å²) in [6, 6.07) is -0.451. The molecule has 1 aliphatic carbocycles. The molecule has 0 aromatic carbocycles. The Balaban J connectivity index is 2.20. The fourth-order valence-corrected chi connectivity index (χ4v) is 2.72. The van der Waals surface area contributed by atoms with E-state index in [1.165, 1.54) is 11.8 Å². The van der Waals surface area contributed by atoms with Crippen molar-refractivity contribution in [3.05, 3.63) is 0 Å². The van der Waals surface area contributed by atoms with Gasteiger partial charge in [0.15, 0.2) is 0 Å². The molecule has 7 heteroatoms. The predicted octanol–water partition coefficient (Wildman–Crippen LogP) is 0.320. The summed E-state index contributed by atoms with van der Waals surface area (Å²) in [4.78, 5) is 34.7. The van der Waals surface area contributed by atoms with Crippen molar-refractivity contribution in [3.8, 4) is 0 Å². The highest BCUT2D eigenvalue weighted by atomic mass is 32.2. The lowest BCUT2D eigenvalue weighted by atomic mass is 10.2. The molecule has 0 aliphatic heterocycles. The van der Waals surface area contributed by atoms with Crippen molar-refractivity contribution < 1.29 is 19.5 Å². The van der Waals surface area contributed by atoms with E-state index in [0.717, 1.165) is 19.4 Å². The fraction of sp³-hybridized carbons (Fsp3) is 0.750. The number of carbonyl (C=O) groups is 3. The third kappa shape index (κ3) is 5.50. The van der Waals surface area contributed by atoms with E-state index in [2.05, 4.69) is 5.32 Å². The molecule has 2 amide bonds. The van der Waals surface area contributed by atoms with Crippen molar-refractivity contribution in [2.75, 3.05) is 18.1 Å². The Hall–Kier alpha value is -1.24. The Morgan fingerprint density at radius 2 is 2.21 bits per heavy atom. The minimum absolute atomic E-state index is 0.116. The van der Waals surface area contributed by atoms with E-state index in [0.29, 0.717) is 30.4 Å². The molecule has 6 nitrogen and oxygen atoms in total. The standard InChI is InChI=1S/C12H20N2O4S/c1-2-14(9-3-4-9)11(16)7-19-6-5-10(12(17)18)13-8-15/h8-10H,2-7H2,1H3,(H,13,15)(H,17,18). The zero-order chi connectivity index (χ0) is 14.3. The maximum absolute atomic E-state index is 11.9. The Bertz CT molecular complexity index is 334. The summed E-state index contributed by atoms with van der Waals surface area (Å²) < 4.78 is 0. The number of carbonyl (C=O) groups excluding carboxylic acids is 2. The largest absolute Gasteiger partial charge is 0.480 e. The number of nitrogens with one attached hydrogen (secondary N) is 1. The van der Waals surface area contributed by atoms with Crippen LogP contribution in [0.1, 0.15) is 26.2 Å². The molecule has 108 valence electrons. The van der Waals surface area contributed by atoms with Gasteiger partial charge in [-0.25, -0.2) is 4.79 Å². The van der Waals surface area contributed by atoms with Crippen LogP contribution < -0.4 is 5.32 Å². The second-order valence-corrected chi connectivity index (χ2v) is 5.53. The smallest absolute Gasteiger partial charge is 0.326 e. The van der Waals surface area contributed by atoms with Crippen molar-refractivity contribution >= 4 is 30.0 Å². The van der Waals surface area contributed by atoms with E-state index in [1.54, 1.807) is 0 Å². The Kier molecular flexibility index (Phi) is 6.69. The maximum atomic E-state index is 11.9. The van der Waals surface area contributed by atoms with Gasteiger partial charge in [-0.15, -0.1) is 0 Å². The van der Waals surface area contributed by atoms with Gasteiger partial charge < -0.3 is 15.3 Å². The molecule has 0 radical (unpaired) electrons. The average molecular weight is 288 g/mol. The highest BCUT2D eigenvalue weighted by Gasteiger charge is 2.30. The third-order valence-corrected chi connectivity index (χ3v) is 3.97. The first kappa shape index (κ1) is 15.8. The molecule has 0 heterocycles. The summed E-state index contributed by atoms with van der Waals surface area (Å²) in [5, 5.41) is 11.1. The molecule has 19 heavy (non-hydrogen) atoms. The summed E-state index contributed by atoms with van der Waals surface area (Å²) in [6.07, 6.45) is 2.89. The van der Waals surface area contributed by atoms with Crippen LogP contribution in [-0.2, 0) is 14.4 Å². The second kappa shape index (κ2) is 8.04. The van der Waals surface area contributed by atoms with Crippen LogP contribution in [0.25, 0.3) is 0 Å². The van der Waals surface area contributed by atoms with E-state index in [1.807, 2.05) is 11.8 Å². The average Bonchev–Trinajstić information content (AvgIpc) is 3.18. The molecule has 1 aliphatic rings. The molecule has 1 rings (SSSR count). The SMILES string of the molecule is CCN(C(=O)CSCCC(NC=O)C(=O)O)C1CC1. The first-order valence-electron chi connectivity index (χ1n) is 6.39. The number of carboxylic acids is 1. The summed E-state index contributed by atoms with van der Waals surface area (Å²) >= 11 is 1.41. The topological polar surface area (TPSA) is 86.7 Å². The summed E-state index contributed by atoms with van der Waals surface area (Å²) in [5.74, 6) is -0.0267. The molecule has 1 fully saturated rings. The molecule has 0 bridgehead atoms. The monoisotopic (exact) mass is 288 g/mol. The minimum Gasteiger partial charge on any atom is -0.480 e. The van der Waals surface area contributed by atoms with Crippen molar-refractivity contribution in [1.82, 2.24) is 10.2 Å². The zero-order valence-electron chi connectivity index (χ0n) is 11.0. The third-order valence-electron chi connectivity index (χ3n) is 2.99. The molecule has 1 atom stereocenters. The van der Waals surface area contributed by atoms with Crippen LogP contribution in [0.2, 0.25) is 0 Å². The highest BCUT2D eigenvalue weighted by Crippen LogP contribution is 2.27. The van der Waals surface area contributed by atoms with Crippen molar-refractivity contribution in [2.45, 2.75) is 38.3 Å². The van der Waals surface area contributed by atoms with Gasteiger partial charge in [-0.3, -0.25) is 9.59 Å². The summed E-state index contributed by atoms with van der Waals surface area (Å²) in [5.41, 5.74) is 0. The number of carboxylic acid groups (broad SMARTS) is 1. The van der Waals surface area contributed by atoms with Crippen LogP contribution in [0.4, 0.5) is 0 Å². The van der Waals surface area contributed by atoms with Gasteiger partial charge in [0.05, 0.1) is 5.75 Å². The van der Waals surface area contributed by atoms with E-state index < -0.39 is 12.0 Å². The van der Waals surface area contributed by atoms with E-state index >= 15 is 0 Å². The van der Waals surface area contributed by atoms with Crippen LogP contribution >= 0.6 is 11.8 Å². The Labute approximate surface area is 116 Å². The van der Waals surface area contributed by atoms with Crippen LogP contribution in [0.3, 0.4) is 0 Å². The number of rotatable bonds is 10. The normalized spacial score (nSPS) is 15.6. The minimum atomic E-state index is -1.05. The van der Waals surface area contributed by atoms with Gasteiger partial charge in [0.2, 0.25) is 12.3 Å². The lowest BCUT2D eigenvalue weighted by Gasteiger charge is -2.20. The number of nitrogens with zero attached hydrogens (tertiary/aromatic N) is 1. The van der Waals surface area contributed by atoms with Gasteiger partial charge in [-0.1, -0.05) is 0 Å². The van der Waals surface area contributed by atoms with E-state index in [-0.39, 0.29) is 5.91 Å². The number of thioether (sulfide) groups is 1. The molecule has 0 spiro atoms. The van der Waals surface area contributed by atoms with Gasteiger partial charge in [-0.2, -0.15) is 11.8 Å². The molecular formula is C12H20N2O4S. The van der Waals surface area contributed by atoms with Crippen LogP contribution in [-0.4, -0.2) is 58.4 Å². The molecule has 0 aromatic heterocycles. The van der Waals surface area contributed by atoms with Gasteiger partial charge in [0.1, 0.15) is 6.04 Å². The van der Waals surface area contributed by atoms with Crippen LogP contribution in [0.5, 0.6) is 0 Å². The molecule has 1 saturated carbocycles. The van der Waals surface area contributed by atoms with Gasteiger partial charge in [0.25, 0.3) is 0 Å². The fourth-order valence-electron chi connectivity index (χ4n) is 1.83. The van der Waals surface area contributed by atoms with Crippen LogP contribution in [0.15, 0.2) is 0 Å². The summed E-state index contributed by atoms with van der Waals surface area (Å²) in [7, 11) is 0. The van der Waals surface area contributed by atoms with Gasteiger partial charge >= 0.3 is 5.97 Å². The van der Waals surface area contributed by atoms with Gasteiger partial charge in [-0.05, 0) is 31.9 Å². The number of aliphatic carboxylic acids is 1. The Morgan fingerprint density at radius 1 is 1.53 bits per heavy atom. The predicted molar refractivity (Wildman–Crippen MR) is 73.0 cm³/mol. The van der Waals surface area contributed by atoms with E-state index in [4.69, 9.17) is 5.11 Å². The van der Waals surface area contributed by atoms with Crippen LogP contribution in [0, 0.1) is 0 Å². The zero-order valence-corrected chi connectivity index (χ0v) is 11.8. The summed E-state index contributed by atoms with van der Waals surface area (Å²) in [6.45, 7) is 2.70. The number of amides is 2. The van der Waals surface area contributed by atoms with Crippen molar-refractivity contribution in [1.29, 1.82) is 0 Å². The highest BCUT2D eigenvalue weighted by molar-refractivity contribution is 7.99. The second-order valence-electron chi connectivity index (χ2n) is 4.43. The Morgan fingerprint density at radius 3 is 2.68 bits per heavy atom. The van der Waals surface area contributed by atoms with Gasteiger partial charge in [0, 0.05) is 12.6 Å². The number of hydrogen-bond acceptors (Lipinski definition) is 4. The molecule has 2 N–H and O–H groups in total. The first-order valence-corrected chi connectivity index (χ1v) is 7.55. The molecule has 0 saturated heterocycles.